The number of furan rings is 1. The van der Waals surface area contributed by atoms with E-state index in [0.717, 1.165) is 16.5 Å². The van der Waals surface area contributed by atoms with Crippen molar-refractivity contribution in [2.75, 3.05) is 0 Å². The summed E-state index contributed by atoms with van der Waals surface area (Å²) < 4.78 is 5.43. The van der Waals surface area contributed by atoms with Gasteiger partial charge in [-0.3, -0.25) is 0 Å². The second-order valence-corrected chi connectivity index (χ2v) is 5.08. The van der Waals surface area contributed by atoms with Gasteiger partial charge in [0.2, 0.25) is 0 Å². The minimum absolute atomic E-state index is 0.111. The van der Waals surface area contributed by atoms with E-state index in [1.807, 2.05) is 24.3 Å². The number of thiazole rings is 1. The van der Waals surface area contributed by atoms with E-state index in [1.165, 1.54) is 11.3 Å². The Morgan fingerprint density at radius 2 is 2.17 bits per heavy atom. The molecule has 3 rings (SSSR count). The van der Waals surface area contributed by atoms with Crippen LogP contribution in [-0.2, 0) is 0 Å². The molecule has 4 nitrogen and oxygen atoms in total. The monoisotopic (exact) mass is 259 g/mol. The molecule has 18 heavy (non-hydrogen) atoms. The van der Waals surface area contributed by atoms with Crippen LogP contribution in [0.1, 0.15) is 15.4 Å². The summed E-state index contributed by atoms with van der Waals surface area (Å²) in [6.45, 7) is 1.76. The third-order valence-corrected chi connectivity index (χ3v) is 3.71. The molecule has 5 heteroatoms. The van der Waals surface area contributed by atoms with E-state index < -0.39 is 5.97 Å². The molecule has 90 valence electrons. The topological polar surface area (TPSA) is 63.3 Å². The minimum Gasteiger partial charge on any atom is -0.476 e. The van der Waals surface area contributed by atoms with Gasteiger partial charge in [-0.05, 0) is 13.0 Å². The van der Waals surface area contributed by atoms with Gasteiger partial charge in [0.05, 0.1) is 5.56 Å². The maximum atomic E-state index is 11.0. The Morgan fingerprint density at radius 1 is 1.39 bits per heavy atom. The second-order valence-electron chi connectivity index (χ2n) is 3.87. The van der Waals surface area contributed by atoms with Crippen molar-refractivity contribution in [1.29, 1.82) is 0 Å². The minimum atomic E-state index is -0.997. The standard InChI is InChI=1S/C13H9NO3S/c1-7-11(13(15)16)14-12(18-7)9-6-17-10-5-3-2-4-8(9)10/h2-6H,1H3,(H,15,16). The Morgan fingerprint density at radius 3 is 2.89 bits per heavy atom. The number of rotatable bonds is 2. The van der Waals surface area contributed by atoms with E-state index in [2.05, 4.69) is 4.98 Å². The SMILES string of the molecule is Cc1sc(-c2coc3ccccc23)nc1C(=O)O. The summed E-state index contributed by atoms with van der Waals surface area (Å²) in [7, 11) is 0. The molecule has 0 amide bonds. The highest BCUT2D eigenvalue weighted by atomic mass is 32.1. The number of carboxylic acid groups (broad SMARTS) is 1. The molecule has 0 fully saturated rings. The number of fused-ring (bicyclic) bond motifs is 1. The van der Waals surface area contributed by atoms with Crippen LogP contribution < -0.4 is 0 Å². The van der Waals surface area contributed by atoms with Crippen LogP contribution in [0.4, 0.5) is 0 Å². The van der Waals surface area contributed by atoms with Gasteiger partial charge in [0.25, 0.3) is 0 Å². The van der Waals surface area contributed by atoms with Crippen LogP contribution in [0.2, 0.25) is 0 Å². The Labute approximate surface area is 107 Å². The first kappa shape index (κ1) is 11.0. The molecule has 0 bridgehead atoms. The summed E-state index contributed by atoms with van der Waals surface area (Å²) in [5.74, 6) is -0.997. The highest BCUT2D eigenvalue weighted by Crippen LogP contribution is 2.34. The molecule has 3 aromatic rings. The van der Waals surface area contributed by atoms with Gasteiger partial charge < -0.3 is 9.52 Å². The molecule has 0 aliphatic carbocycles. The van der Waals surface area contributed by atoms with Crippen molar-refractivity contribution < 1.29 is 14.3 Å². The maximum absolute atomic E-state index is 11.0. The fourth-order valence-electron chi connectivity index (χ4n) is 1.85. The van der Waals surface area contributed by atoms with Crippen LogP contribution in [0.25, 0.3) is 21.5 Å². The lowest BCUT2D eigenvalue weighted by Crippen LogP contribution is -1.98. The van der Waals surface area contributed by atoms with Crippen LogP contribution in [-0.4, -0.2) is 16.1 Å². The van der Waals surface area contributed by atoms with Gasteiger partial charge in [-0.1, -0.05) is 18.2 Å². The number of hydrogen-bond acceptors (Lipinski definition) is 4. The van der Waals surface area contributed by atoms with Crippen LogP contribution in [0.3, 0.4) is 0 Å². The zero-order chi connectivity index (χ0) is 12.7. The van der Waals surface area contributed by atoms with Crippen molar-refractivity contribution in [3.8, 4) is 10.6 Å². The van der Waals surface area contributed by atoms with Gasteiger partial charge >= 0.3 is 5.97 Å². The Kier molecular flexibility index (Phi) is 2.41. The van der Waals surface area contributed by atoms with Gasteiger partial charge in [-0.25, -0.2) is 9.78 Å². The Hall–Kier alpha value is -2.14. The van der Waals surface area contributed by atoms with Crippen molar-refractivity contribution in [1.82, 2.24) is 4.98 Å². The number of benzene rings is 1. The summed E-state index contributed by atoms with van der Waals surface area (Å²) in [6, 6.07) is 7.62. The van der Waals surface area contributed by atoms with Crippen molar-refractivity contribution >= 4 is 28.3 Å². The van der Waals surface area contributed by atoms with Gasteiger partial charge in [-0.15, -0.1) is 11.3 Å². The third-order valence-electron chi connectivity index (χ3n) is 2.71. The van der Waals surface area contributed by atoms with Gasteiger partial charge in [0.1, 0.15) is 16.9 Å². The molecule has 0 saturated heterocycles. The number of hydrogen-bond donors (Lipinski definition) is 1. The lowest BCUT2D eigenvalue weighted by molar-refractivity contribution is 0.0690. The molecule has 1 aromatic carbocycles. The average molecular weight is 259 g/mol. The van der Waals surface area contributed by atoms with Gasteiger partial charge in [0, 0.05) is 10.3 Å². The number of para-hydroxylation sites is 1. The fraction of sp³-hybridized carbons (Fsp3) is 0.0769. The van der Waals surface area contributed by atoms with E-state index in [9.17, 15) is 4.79 Å². The average Bonchev–Trinajstić information content (AvgIpc) is 2.92. The lowest BCUT2D eigenvalue weighted by Gasteiger charge is -1.90. The van der Waals surface area contributed by atoms with Crippen LogP contribution >= 0.6 is 11.3 Å². The smallest absolute Gasteiger partial charge is 0.355 e. The second kappa shape index (κ2) is 3.96. The molecule has 0 radical (unpaired) electrons. The predicted molar refractivity (Wildman–Crippen MR) is 69.0 cm³/mol. The zero-order valence-electron chi connectivity index (χ0n) is 9.51. The number of aryl methyl sites for hydroxylation is 1. The first-order chi connectivity index (χ1) is 8.66. The summed E-state index contributed by atoms with van der Waals surface area (Å²) in [6.07, 6.45) is 1.62. The van der Waals surface area contributed by atoms with Gasteiger partial charge in [-0.2, -0.15) is 0 Å². The maximum Gasteiger partial charge on any atom is 0.355 e. The van der Waals surface area contributed by atoms with Crippen LogP contribution in [0, 0.1) is 6.92 Å². The first-order valence-electron chi connectivity index (χ1n) is 5.34. The molecular weight excluding hydrogens is 250 g/mol. The van der Waals surface area contributed by atoms with Crippen molar-refractivity contribution in [3.63, 3.8) is 0 Å². The van der Waals surface area contributed by atoms with E-state index in [1.54, 1.807) is 13.2 Å². The lowest BCUT2D eigenvalue weighted by atomic mass is 10.2. The molecule has 0 atom stereocenters. The Bertz CT molecular complexity index is 742. The molecule has 1 N–H and O–H groups in total. The summed E-state index contributed by atoms with van der Waals surface area (Å²) in [4.78, 5) is 15.8. The molecule has 2 heterocycles. The fourth-order valence-corrected chi connectivity index (χ4v) is 2.78. The number of aromatic nitrogens is 1. The van der Waals surface area contributed by atoms with Crippen molar-refractivity contribution in [2.45, 2.75) is 6.92 Å². The normalized spacial score (nSPS) is 10.9. The van der Waals surface area contributed by atoms with Crippen LogP contribution in [0.15, 0.2) is 34.9 Å². The van der Waals surface area contributed by atoms with Crippen LogP contribution in [0.5, 0.6) is 0 Å². The molecule has 0 saturated carbocycles. The number of aromatic carboxylic acids is 1. The number of carboxylic acids is 1. The van der Waals surface area contributed by atoms with E-state index in [4.69, 9.17) is 9.52 Å². The molecule has 2 aromatic heterocycles. The third kappa shape index (κ3) is 1.60. The van der Waals surface area contributed by atoms with E-state index >= 15 is 0 Å². The number of carbonyl (C=O) groups is 1. The summed E-state index contributed by atoms with van der Waals surface area (Å²) >= 11 is 1.36. The largest absolute Gasteiger partial charge is 0.476 e. The number of nitrogens with zero attached hydrogens (tertiary/aromatic N) is 1. The Balaban J connectivity index is 2.20. The molecule has 0 spiro atoms. The molecule has 0 aliphatic heterocycles. The molecule has 0 unspecified atom stereocenters. The predicted octanol–water partition coefficient (Wildman–Crippen LogP) is 3.56. The molecule has 0 aliphatic rings. The highest BCUT2D eigenvalue weighted by Gasteiger charge is 2.17. The van der Waals surface area contributed by atoms with E-state index in [-0.39, 0.29) is 5.69 Å². The summed E-state index contributed by atoms with van der Waals surface area (Å²) in [5.41, 5.74) is 1.73. The van der Waals surface area contributed by atoms with Gasteiger partial charge in [0.15, 0.2) is 5.69 Å². The quantitative estimate of drug-likeness (QED) is 0.764. The molecular formula is C13H9NO3S. The highest BCUT2D eigenvalue weighted by molar-refractivity contribution is 7.15. The summed E-state index contributed by atoms with van der Waals surface area (Å²) in [5, 5.41) is 10.6. The van der Waals surface area contributed by atoms with Crippen molar-refractivity contribution in [2.24, 2.45) is 0 Å². The van der Waals surface area contributed by atoms with Crippen molar-refractivity contribution in [3.05, 3.63) is 41.1 Å². The first-order valence-corrected chi connectivity index (χ1v) is 6.16. The zero-order valence-corrected chi connectivity index (χ0v) is 10.3. The van der Waals surface area contributed by atoms with E-state index in [0.29, 0.717) is 9.88 Å².